The Balaban J connectivity index is 2.09. The topological polar surface area (TPSA) is 77.8 Å². The van der Waals surface area contributed by atoms with E-state index in [4.69, 9.17) is 10.0 Å². The number of imide groups is 1. The summed E-state index contributed by atoms with van der Waals surface area (Å²) in [4.78, 5) is 23.7. The summed E-state index contributed by atoms with van der Waals surface area (Å²) >= 11 is 0. The van der Waals surface area contributed by atoms with Crippen LogP contribution in [0.3, 0.4) is 0 Å². The number of amides is 2. The summed E-state index contributed by atoms with van der Waals surface area (Å²) in [5.74, 6) is -0.664. The Hall–Kier alpha value is -1.92. The quantitative estimate of drug-likeness (QED) is 0.505. The zero-order valence-corrected chi connectivity index (χ0v) is 8.91. The van der Waals surface area contributed by atoms with Gasteiger partial charge in [0.2, 0.25) is 0 Å². The summed E-state index contributed by atoms with van der Waals surface area (Å²) in [5, 5.41) is 17.8. The van der Waals surface area contributed by atoms with E-state index >= 15 is 0 Å². The standard InChI is InChI=1S/C11H10BNO4/c14-10-5-6-11(15)13(10)7-8-1-3-9(4-2-8)12(16)17/h1-6,16-17H,7H2. The molecule has 2 N–H and O–H groups in total. The predicted octanol–water partition coefficient (Wildman–Crippen LogP) is -1.21. The molecule has 0 atom stereocenters. The molecule has 2 amide bonds. The van der Waals surface area contributed by atoms with Gasteiger partial charge in [0.05, 0.1) is 6.54 Å². The zero-order valence-electron chi connectivity index (χ0n) is 8.91. The van der Waals surface area contributed by atoms with Crippen LogP contribution >= 0.6 is 0 Å². The van der Waals surface area contributed by atoms with Gasteiger partial charge in [0.15, 0.2) is 0 Å². The monoisotopic (exact) mass is 231 g/mol. The first-order valence-corrected chi connectivity index (χ1v) is 5.06. The van der Waals surface area contributed by atoms with Crippen LogP contribution < -0.4 is 5.46 Å². The molecule has 6 heteroatoms. The average molecular weight is 231 g/mol. The first-order valence-electron chi connectivity index (χ1n) is 5.06. The van der Waals surface area contributed by atoms with Crippen LogP contribution in [0.4, 0.5) is 0 Å². The van der Waals surface area contributed by atoms with Gasteiger partial charge in [0.25, 0.3) is 11.8 Å². The fourth-order valence-corrected chi connectivity index (χ4v) is 1.56. The Morgan fingerprint density at radius 2 is 1.53 bits per heavy atom. The van der Waals surface area contributed by atoms with Gasteiger partial charge in [-0.25, -0.2) is 0 Å². The number of carbonyl (C=O) groups excluding carboxylic acids is 2. The summed E-state index contributed by atoms with van der Waals surface area (Å²) in [7, 11) is -1.51. The molecule has 0 saturated carbocycles. The third-order valence-corrected chi connectivity index (χ3v) is 2.52. The van der Waals surface area contributed by atoms with Crippen molar-refractivity contribution in [1.82, 2.24) is 4.90 Å². The average Bonchev–Trinajstić information content (AvgIpc) is 2.61. The van der Waals surface area contributed by atoms with Gasteiger partial charge in [0.1, 0.15) is 0 Å². The highest BCUT2D eigenvalue weighted by atomic mass is 16.4. The van der Waals surface area contributed by atoms with E-state index in [1.807, 2.05) is 0 Å². The van der Waals surface area contributed by atoms with E-state index in [9.17, 15) is 9.59 Å². The largest absolute Gasteiger partial charge is 0.488 e. The fourth-order valence-electron chi connectivity index (χ4n) is 1.56. The molecule has 86 valence electrons. The number of benzene rings is 1. The second kappa shape index (κ2) is 4.53. The smallest absolute Gasteiger partial charge is 0.423 e. The normalized spacial score (nSPS) is 14.6. The molecular weight excluding hydrogens is 221 g/mol. The van der Waals surface area contributed by atoms with Crippen LogP contribution in [0.15, 0.2) is 36.4 Å². The van der Waals surface area contributed by atoms with Crippen LogP contribution in [0.1, 0.15) is 5.56 Å². The molecule has 2 rings (SSSR count). The van der Waals surface area contributed by atoms with E-state index in [1.165, 1.54) is 12.2 Å². The van der Waals surface area contributed by atoms with E-state index in [0.29, 0.717) is 5.46 Å². The molecule has 1 aromatic rings. The Morgan fingerprint density at radius 3 is 2.00 bits per heavy atom. The number of hydrogen-bond donors (Lipinski definition) is 2. The molecule has 1 heterocycles. The first-order chi connectivity index (χ1) is 8.08. The second-order valence-corrected chi connectivity index (χ2v) is 3.71. The molecule has 1 aliphatic heterocycles. The maximum atomic E-state index is 11.3. The van der Waals surface area contributed by atoms with Crippen molar-refractivity contribution in [1.29, 1.82) is 0 Å². The molecule has 0 fully saturated rings. The van der Waals surface area contributed by atoms with Crippen molar-refractivity contribution in [2.45, 2.75) is 6.54 Å². The lowest BCUT2D eigenvalue weighted by atomic mass is 9.80. The van der Waals surface area contributed by atoms with E-state index in [2.05, 4.69) is 0 Å². The summed E-state index contributed by atoms with van der Waals surface area (Å²) < 4.78 is 0. The third-order valence-electron chi connectivity index (χ3n) is 2.52. The van der Waals surface area contributed by atoms with Gasteiger partial charge in [-0.1, -0.05) is 24.3 Å². The summed E-state index contributed by atoms with van der Waals surface area (Å²) in [5.41, 5.74) is 1.12. The first kappa shape index (κ1) is 11.6. The number of hydrogen-bond acceptors (Lipinski definition) is 4. The minimum atomic E-state index is -1.51. The van der Waals surface area contributed by atoms with Gasteiger partial charge in [-0.15, -0.1) is 0 Å². The van der Waals surface area contributed by atoms with Gasteiger partial charge >= 0.3 is 7.12 Å². The highest BCUT2D eigenvalue weighted by molar-refractivity contribution is 6.58. The molecule has 0 radical (unpaired) electrons. The van der Waals surface area contributed by atoms with Crippen LogP contribution in [-0.4, -0.2) is 33.9 Å². The van der Waals surface area contributed by atoms with Crippen molar-refractivity contribution in [3.63, 3.8) is 0 Å². The maximum absolute atomic E-state index is 11.3. The van der Waals surface area contributed by atoms with E-state index in [0.717, 1.165) is 10.5 Å². The van der Waals surface area contributed by atoms with Crippen LogP contribution in [-0.2, 0) is 16.1 Å². The van der Waals surface area contributed by atoms with Crippen molar-refractivity contribution < 1.29 is 19.6 Å². The van der Waals surface area contributed by atoms with Gasteiger partial charge in [0, 0.05) is 12.2 Å². The highest BCUT2D eigenvalue weighted by Crippen LogP contribution is 2.09. The van der Waals surface area contributed by atoms with Crippen molar-refractivity contribution in [2.75, 3.05) is 0 Å². The molecule has 1 aromatic carbocycles. The Morgan fingerprint density at radius 1 is 1.00 bits per heavy atom. The van der Waals surface area contributed by atoms with Crippen LogP contribution in [0.2, 0.25) is 0 Å². The Bertz CT molecular complexity index is 463. The van der Waals surface area contributed by atoms with Crippen LogP contribution in [0.25, 0.3) is 0 Å². The second-order valence-electron chi connectivity index (χ2n) is 3.71. The fraction of sp³-hybridized carbons (Fsp3) is 0.0909. The Kier molecular flexibility index (Phi) is 3.08. The molecule has 0 spiro atoms. The summed E-state index contributed by atoms with van der Waals surface area (Å²) in [6, 6.07) is 6.37. The maximum Gasteiger partial charge on any atom is 0.488 e. The lowest BCUT2D eigenvalue weighted by Crippen LogP contribution is -2.31. The van der Waals surface area contributed by atoms with Gasteiger partial charge in [-0.2, -0.15) is 0 Å². The van der Waals surface area contributed by atoms with Gasteiger partial charge < -0.3 is 10.0 Å². The van der Waals surface area contributed by atoms with E-state index in [1.54, 1.807) is 24.3 Å². The zero-order chi connectivity index (χ0) is 12.4. The predicted molar refractivity (Wildman–Crippen MR) is 61.0 cm³/mol. The lowest BCUT2D eigenvalue weighted by molar-refractivity contribution is -0.137. The van der Waals surface area contributed by atoms with Crippen LogP contribution in [0.5, 0.6) is 0 Å². The molecular formula is C11H10BNO4. The highest BCUT2D eigenvalue weighted by Gasteiger charge is 2.23. The minimum Gasteiger partial charge on any atom is -0.423 e. The van der Waals surface area contributed by atoms with Crippen LogP contribution in [0, 0.1) is 0 Å². The van der Waals surface area contributed by atoms with E-state index in [-0.39, 0.29) is 18.4 Å². The molecule has 1 aliphatic rings. The SMILES string of the molecule is O=C1C=CC(=O)N1Cc1ccc(B(O)O)cc1. The van der Waals surface area contributed by atoms with Crippen molar-refractivity contribution in [2.24, 2.45) is 0 Å². The molecule has 17 heavy (non-hydrogen) atoms. The number of rotatable bonds is 3. The molecule has 0 saturated heterocycles. The number of nitrogens with zero attached hydrogens (tertiary/aromatic N) is 1. The molecule has 5 nitrogen and oxygen atoms in total. The Labute approximate surface area is 98.1 Å². The molecule has 0 unspecified atom stereocenters. The molecule has 0 aromatic heterocycles. The summed E-state index contributed by atoms with van der Waals surface area (Å²) in [6.07, 6.45) is 2.46. The van der Waals surface area contributed by atoms with Crippen molar-refractivity contribution in [3.8, 4) is 0 Å². The van der Waals surface area contributed by atoms with Gasteiger partial charge in [-0.3, -0.25) is 14.5 Å². The lowest BCUT2D eigenvalue weighted by Gasteiger charge is -2.13. The van der Waals surface area contributed by atoms with Crippen molar-refractivity contribution in [3.05, 3.63) is 42.0 Å². The third kappa shape index (κ3) is 2.43. The molecule has 0 bridgehead atoms. The molecule has 0 aliphatic carbocycles. The van der Waals surface area contributed by atoms with Gasteiger partial charge in [-0.05, 0) is 11.0 Å². The number of carbonyl (C=O) groups is 2. The summed E-state index contributed by atoms with van der Waals surface area (Å²) in [6.45, 7) is 0.187. The minimum absolute atomic E-state index is 0.187. The van der Waals surface area contributed by atoms with E-state index < -0.39 is 7.12 Å². The van der Waals surface area contributed by atoms with Crippen molar-refractivity contribution >= 4 is 24.4 Å².